The molecule has 0 aliphatic heterocycles. The summed E-state index contributed by atoms with van der Waals surface area (Å²) in [4.78, 5) is 11.7. The average molecular weight is 329 g/mol. The van der Waals surface area contributed by atoms with Crippen LogP contribution < -0.4 is 10.1 Å². The van der Waals surface area contributed by atoms with Crippen LogP contribution in [0.3, 0.4) is 0 Å². The molecule has 0 aliphatic carbocycles. The lowest BCUT2D eigenvalue weighted by Gasteiger charge is -2.22. The molecule has 1 aromatic carbocycles. The van der Waals surface area contributed by atoms with Crippen molar-refractivity contribution >= 4 is 6.09 Å². The summed E-state index contributed by atoms with van der Waals surface area (Å²) in [5, 5.41) is 2.67. The van der Waals surface area contributed by atoms with Crippen molar-refractivity contribution in [3.05, 3.63) is 28.8 Å². The van der Waals surface area contributed by atoms with Crippen molar-refractivity contribution < 1.29 is 23.0 Å². The van der Waals surface area contributed by atoms with Gasteiger partial charge in [0.1, 0.15) is 18.0 Å². The van der Waals surface area contributed by atoms with Crippen LogP contribution in [0.15, 0.2) is 12.1 Å². The zero-order valence-electron chi connectivity index (χ0n) is 14.5. The van der Waals surface area contributed by atoms with Gasteiger partial charge in [-0.05, 0) is 64.8 Å². The Balaban J connectivity index is 2.63. The predicted octanol–water partition coefficient (Wildman–Crippen LogP) is 4.53. The van der Waals surface area contributed by atoms with Crippen LogP contribution in [0.5, 0.6) is 5.75 Å². The third-order valence-electron chi connectivity index (χ3n) is 2.98. The van der Waals surface area contributed by atoms with E-state index in [1.807, 2.05) is 0 Å². The number of nitrogens with one attached hydrogen (secondary N) is 1. The normalized spacial score (nSPS) is 12.9. The van der Waals surface area contributed by atoms with Crippen LogP contribution in [-0.4, -0.2) is 24.3 Å². The summed E-state index contributed by atoms with van der Waals surface area (Å²) in [5.74, 6) is 0.562. The highest BCUT2D eigenvalue weighted by atomic mass is 19.3. The van der Waals surface area contributed by atoms with Crippen molar-refractivity contribution in [2.24, 2.45) is 0 Å². The third-order valence-corrected chi connectivity index (χ3v) is 2.98. The van der Waals surface area contributed by atoms with Crippen LogP contribution in [0.1, 0.15) is 50.8 Å². The Kier molecular flexibility index (Phi) is 6.36. The van der Waals surface area contributed by atoms with Crippen LogP contribution in [0.25, 0.3) is 0 Å². The zero-order valence-corrected chi connectivity index (χ0v) is 14.5. The molecule has 0 bridgehead atoms. The topological polar surface area (TPSA) is 47.6 Å². The number of alkyl carbamates (subject to hydrolysis) is 1. The van der Waals surface area contributed by atoms with E-state index in [4.69, 9.17) is 9.47 Å². The molecule has 1 aromatic rings. The van der Waals surface area contributed by atoms with Gasteiger partial charge >= 0.3 is 6.09 Å². The molecule has 0 spiro atoms. The minimum absolute atomic E-state index is 0.0210. The van der Waals surface area contributed by atoms with Gasteiger partial charge in [-0.25, -0.2) is 13.6 Å². The molecule has 130 valence electrons. The summed E-state index contributed by atoms with van der Waals surface area (Å²) in [6.45, 7) is 10.8. The molecule has 1 unspecified atom stereocenters. The highest BCUT2D eigenvalue weighted by Gasteiger charge is 2.18. The first-order valence-electron chi connectivity index (χ1n) is 7.51. The summed E-state index contributed by atoms with van der Waals surface area (Å²) in [5.41, 5.74) is 0.699. The van der Waals surface area contributed by atoms with Gasteiger partial charge in [0.2, 0.25) is 0 Å². The first-order chi connectivity index (χ1) is 10.5. The fourth-order valence-electron chi connectivity index (χ4n) is 2.10. The average Bonchev–Trinajstić information content (AvgIpc) is 2.34. The molecule has 0 saturated heterocycles. The van der Waals surface area contributed by atoms with E-state index in [-0.39, 0.29) is 18.2 Å². The minimum atomic E-state index is -2.51. The Labute approximate surface area is 136 Å². The molecule has 1 amide bonds. The van der Waals surface area contributed by atoms with E-state index in [1.54, 1.807) is 41.5 Å². The van der Waals surface area contributed by atoms with Crippen LogP contribution in [0, 0.1) is 13.8 Å². The fourth-order valence-corrected chi connectivity index (χ4v) is 2.10. The Morgan fingerprint density at radius 2 is 1.74 bits per heavy atom. The Bertz CT molecular complexity index is 530. The first kappa shape index (κ1) is 19.2. The molecule has 1 N–H and O–H groups in total. The predicted molar refractivity (Wildman–Crippen MR) is 85.2 cm³/mol. The van der Waals surface area contributed by atoms with E-state index < -0.39 is 18.1 Å². The van der Waals surface area contributed by atoms with Gasteiger partial charge in [0.05, 0.1) is 6.04 Å². The molecular formula is C17H25F2NO3. The van der Waals surface area contributed by atoms with Crippen molar-refractivity contribution in [1.29, 1.82) is 0 Å². The molecule has 6 heteroatoms. The second-order valence-corrected chi connectivity index (χ2v) is 6.64. The summed E-state index contributed by atoms with van der Waals surface area (Å²) < 4.78 is 36.3. The highest BCUT2D eigenvalue weighted by Crippen LogP contribution is 2.29. The lowest BCUT2D eigenvalue weighted by molar-refractivity contribution is 0.0493. The SMILES string of the molecule is Cc1cc(C(F)F)cc(C)c1OCC(C)NC(=O)OC(C)(C)C. The van der Waals surface area contributed by atoms with Gasteiger partial charge in [-0.3, -0.25) is 0 Å². The number of hydrogen-bond donors (Lipinski definition) is 1. The quantitative estimate of drug-likeness (QED) is 0.863. The van der Waals surface area contributed by atoms with E-state index in [2.05, 4.69) is 5.32 Å². The monoisotopic (exact) mass is 329 g/mol. The first-order valence-corrected chi connectivity index (χ1v) is 7.51. The van der Waals surface area contributed by atoms with E-state index in [0.29, 0.717) is 16.9 Å². The number of aryl methyl sites for hydroxylation is 2. The van der Waals surface area contributed by atoms with Crippen molar-refractivity contribution in [3.63, 3.8) is 0 Å². The zero-order chi connectivity index (χ0) is 17.8. The summed E-state index contributed by atoms with van der Waals surface area (Å²) >= 11 is 0. The molecule has 0 aliphatic rings. The van der Waals surface area contributed by atoms with Crippen LogP contribution in [0.4, 0.5) is 13.6 Å². The molecule has 0 aromatic heterocycles. The number of rotatable bonds is 5. The van der Waals surface area contributed by atoms with E-state index in [1.165, 1.54) is 12.1 Å². The highest BCUT2D eigenvalue weighted by molar-refractivity contribution is 5.68. The number of hydrogen-bond acceptors (Lipinski definition) is 3. The number of ether oxygens (including phenoxy) is 2. The smallest absolute Gasteiger partial charge is 0.407 e. The molecule has 0 heterocycles. The van der Waals surface area contributed by atoms with E-state index in [9.17, 15) is 13.6 Å². The van der Waals surface area contributed by atoms with Gasteiger partial charge in [-0.2, -0.15) is 0 Å². The summed E-state index contributed by atoms with van der Waals surface area (Å²) in [6.07, 6.45) is -3.02. The molecular weight excluding hydrogens is 304 g/mol. The Hall–Kier alpha value is -1.85. The maximum atomic E-state index is 12.7. The lowest BCUT2D eigenvalue weighted by Crippen LogP contribution is -2.40. The molecule has 1 rings (SSSR count). The van der Waals surface area contributed by atoms with Gasteiger partial charge in [-0.15, -0.1) is 0 Å². The maximum Gasteiger partial charge on any atom is 0.407 e. The molecule has 4 nitrogen and oxygen atoms in total. The summed E-state index contributed by atoms with van der Waals surface area (Å²) in [6, 6.07) is 2.55. The van der Waals surface area contributed by atoms with E-state index in [0.717, 1.165) is 0 Å². The van der Waals surface area contributed by atoms with Crippen LogP contribution >= 0.6 is 0 Å². The van der Waals surface area contributed by atoms with Crippen molar-refractivity contribution in [2.45, 2.75) is 59.6 Å². The van der Waals surface area contributed by atoms with Gasteiger partial charge in [0.25, 0.3) is 6.43 Å². The summed E-state index contributed by atoms with van der Waals surface area (Å²) in [7, 11) is 0. The maximum absolute atomic E-state index is 12.7. The fraction of sp³-hybridized carbons (Fsp3) is 0.588. The molecule has 0 radical (unpaired) electrons. The van der Waals surface area contributed by atoms with Gasteiger partial charge < -0.3 is 14.8 Å². The number of benzene rings is 1. The largest absolute Gasteiger partial charge is 0.491 e. The number of amides is 1. The number of carbonyl (C=O) groups excluding carboxylic acids is 1. The minimum Gasteiger partial charge on any atom is -0.491 e. The van der Waals surface area contributed by atoms with Crippen molar-refractivity contribution in [1.82, 2.24) is 5.32 Å². The molecule has 23 heavy (non-hydrogen) atoms. The van der Waals surface area contributed by atoms with Crippen LogP contribution in [0.2, 0.25) is 0 Å². The van der Waals surface area contributed by atoms with Gasteiger partial charge in [0, 0.05) is 5.56 Å². The Morgan fingerprint density at radius 3 is 2.17 bits per heavy atom. The second kappa shape index (κ2) is 7.62. The number of halogens is 2. The lowest BCUT2D eigenvalue weighted by atomic mass is 10.1. The van der Waals surface area contributed by atoms with Crippen molar-refractivity contribution in [2.75, 3.05) is 6.61 Å². The molecule has 1 atom stereocenters. The van der Waals surface area contributed by atoms with Gasteiger partial charge in [-0.1, -0.05) is 0 Å². The van der Waals surface area contributed by atoms with Crippen LogP contribution in [-0.2, 0) is 4.74 Å². The standard InChI is InChI=1S/C17H25F2NO3/c1-10-7-13(15(18)19)8-11(2)14(10)22-9-12(3)20-16(21)23-17(4,5)6/h7-8,12,15H,9H2,1-6H3,(H,20,21). The van der Waals surface area contributed by atoms with Crippen molar-refractivity contribution in [3.8, 4) is 5.75 Å². The van der Waals surface area contributed by atoms with Gasteiger partial charge in [0.15, 0.2) is 0 Å². The number of carbonyl (C=O) groups is 1. The second-order valence-electron chi connectivity index (χ2n) is 6.64. The Morgan fingerprint density at radius 1 is 1.22 bits per heavy atom. The molecule has 0 saturated carbocycles. The third kappa shape index (κ3) is 6.42. The number of alkyl halides is 2. The molecule has 0 fully saturated rings. The van der Waals surface area contributed by atoms with E-state index >= 15 is 0 Å².